The number of hydrogen-bond donors (Lipinski definition) is 0. The number of carbonyl (C=O) groups is 1. The molecule has 146 valence electrons. The van der Waals surface area contributed by atoms with Crippen LogP contribution in [0.1, 0.15) is 28.1 Å². The fraction of sp³-hybridized carbons (Fsp3) is 0.316. The van der Waals surface area contributed by atoms with Crippen LogP contribution in [-0.4, -0.2) is 36.7 Å². The molecule has 3 aromatic rings. The molecule has 2 aromatic heterocycles. The molecule has 9 heteroatoms. The van der Waals surface area contributed by atoms with Gasteiger partial charge < -0.3 is 13.9 Å². The smallest absolute Gasteiger partial charge is 0.265 e. The molecule has 1 aliphatic heterocycles. The van der Waals surface area contributed by atoms with Crippen LogP contribution in [0.3, 0.4) is 0 Å². The Morgan fingerprint density at radius 2 is 2.04 bits per heavy atom. The second-order valence-corrected chi connectivity index (χ2v) is 9.01. The summed E-state index contributed by atoms with van der Waals surface area (Å²) in [7, 11) is -1.77. The predicted octanol–water partition coefficient (Wildman–Crippen LogP) is 1.83. The molecule has 0 N–H and O–H groups in total. The molecule has 4 rings (SSSR count). The van der Waals surface area contributed by atoms with Crippen molar-refractivity contribution in [1.29, 1.82) is 0 Å². The third kappa shape index (κ3) is 2.82. The molecule has 0 atom stereocenters. The molecule has 0 spiro atoms. The first-order valence-corrected chi connectivity index (χ1v) is 10.7. The van der Waals surface area contributed by atoms with E-state index in [1.165, 1.54) is 17.0 Å². The van der Waals surface area contributed by atoms with Crippen molar-refractivity contribution >= 4 is 32.5 Å². The number of amides is 1. The van der Waals surface area contributed by atoms with Crippen molar-refractivity contribution < 1.29 is 17.6 Å². The van der Waals surface area contributed by atoms with E-state index in [4.69, 9.17) is 4.42 Å². The highest BCUT2D eigenvalue weighted by molar-refractivity contribution is 7.90. The number of hydrogen-bond acceptors (Lipinski definition) is 6. The zero-order valence-corrected chi connectivity index (χ0v) is 16.5. The lowest BCUT2D eigenvalue weighted by atomic mass is 10.0. The van der Waals surface area contributed by atoms with Crippen LogP contribution in [0, 0.1) is 6.92 Å². The predicted molar refractivity (Wildman–Crippen MR) is 104 cm³/mol. The molecule has 0 fully saturated rings. The van der Waals surface area contributed by atoms with E-state index in [0.29, 0.717) is 30.8 Å². The number of carbonyl (C=O) groups excluding carboxylic acids is 1. The molecule has 28 heavy (non-hydrogen) atoms. The maximum atomic E-state index is 13.4. The number of furan rings is 1. The van der Waals surface area contributed by atoms with Gasteiger partial charge in [0.15, 0.2) is 9.84 Å². The summed E-state index contributed by atoms with van der Waals surface area (Å²) >= 11 is 0. The van der Waals surface area contributed by atoms with Gasteiger partial charge in [0.25, 0.3) is 11.5 Å². The quantitative estimate of drug-likeness (QED) is 0.649. The molecule has 0 radical (unpaired) electrons. The van der Waals surface area contributed by atoms with Gasteiger partial charge in [0.2, 0.25) is 5.71 Å². The second kappa shape index (κ2) is 6.30. The van der Waals surface area contributed by atoms with Gasteiger partial charge in [0, 0.05) is 25.5 Å². The monoisotopic (exact) mass is 401 g/mol. The summed E-state index contributed by atoms with van der Waals surface area (Å²) in [4.78, 5) is 31.8. The molecule has 0 aliphatic carbocycles. The number of aryl methyl sites for hydroxylation is 3. The largest absolute Gasteiger partial charge is 0.442 e. The molecule has 0 unspecified atom stereocenters. The van der Waals surface area contributed by atoms with Crippen molar-refractivity contribution in [1.82, 2.24) is 9.55 Å². The summed E-state index contributed by atoms with van der Waals surface area (Å²) < 4.78 is 30.5. The van der Waals surface area contributed by atoms with Crippen molar-refractivity contribution in [3.8, 4) is 0 Å². The number of benzene rings is 1. The number of anilines is 1. The molecule has 1 aromatic carbocycles. The van der Waals surface area contributed by atoms with Crippen molar-refractivity contribution in [3.63, 3.8) is 0 Å². The van der Waals surface area contributed by atoms with Gasteiger partial charge in [-0.2, -0.15) is 0 Å². The topological polar surface area (TPSA) is 102 Å². The van der Waals surface area contributed by atoms with Crippen LogP contribution in [0.2, 0.25) is 0 Å². The molecule has 0 bridgehead atoms. The van der Waals surface area contributed by atoms with Crippen molar-refractivity contribution in [2.24, 2.45) is 7.05 Å². The summed E-state index contributed by atoms with van der Waals surface area (Å²) in [5.74, 6) is -0.0231. The molecule has 3 heterocycles. The second-order valence-electron chi connectivity index (χ2n) is 7.00. The average molecular weight is 401 g/mol. The van der Waals surface area contributed by atoms with E-state index in [2.05, 4.69) is 4.98 Å². The first-order valence-electron chi connectivity index (χ1n) is 8.78. The van der Waals surface area contributed by atoms with Crippen LogP contribution < -0.4 is 10.5 Å². The lowest BCUT2D eigenvalue weighted by Crippen LogP contribution is -2.36. The van der Waals surface area contributed by atoms with Gasteiger partial charge in [0.1, 0.15) is 17.5 Å². The van der Waals surface area contributed by atoms with E-state index in [-0.39, 0.29) is 33.0 Å². The number of sulfone groups is 1. The number of fused-ring (bicyclic) bond motifs is 2. The molecule has 1 amide bonds. The highest BCUT2D eigenvalue weighted by atomic mass is 32.2. The highest BCUT2D eigenvalue weighted by Gasteiger charge is 2.30. The Kier molecular flexibility index (Phi) is 4.15. The number of aromatic nitrogens is 2. The first kappa shape index (κ1) is 18.4. The Hall–Kier alpha value is -2.94. The van der Waals surface area contributed by atoms with Crippen LogP contribution in [0.25, 0.3) is 11.1 Å². The minimum Gasteiger partial charge on any atom is -0.442 e. The lowest BCUT2D eigenvalue weighted by molar-refractivity contribution is 0.0985. The van der Waals surface area contributed by atoms with E-state index in [1.54, 1.807) is 31.0 Å². The van der Waals surface area contributed by atoms with Gasteiger partial charge >= 0.3 is 0 Å². The average Bonchev–Trinajstić information content (AvgIpc) is 2.99. The summed E-state index contributed by atoms with van der Waals surface area (Å²) in [5, 5.41) is 0.160. The maximum absolute atomic E-state index is 13.4. The Morgan fingerprint density at radius 3 is 2.75 bits per heavy atom. The summed E-state index contributed by atoms with van der Waals surface area (Å²) in [6.07, 6.45) is 3.88. The number of rotatable bonds is 2. The number of nitrogens with zero attached hydrogens (tertiary/aromatic N) is 3. The molecule has 0 saturated carbocycles. The van der Waals surface area contributed by atoms with Crippen LogP contribution in [0.4, 0.5) is 5.69 Å². The third-order valence-electron chi connectivity index (χ3n) is 5.00. The maximum Gasteiger partial charge on any atom is 0.265 e. The van der Waals surface area contributed by atoms with Gasteiger partial charge in [-0.3, -0.25) is 9.59 Å². The van der Waals surface area contributed by atoms with E-state index in [0.717, 1.165) is 11.8 Å². The molecular weight excluding hydrogens is 382 g/mol. The van der Waals surface area contributed by atoms with Gasteiger partial charge in [-0.05, 0) is 43.5 Å². The Labute approximate surface area is 161 Å². The Bertz CT molecular complexity index is 1290. The zero-order chi connectivity index (χ0) is 20.2. The van der Waals surface area contributed by atoms with Gasteiger partial charge in [-0.1, -0.05) is 0 Å². The van der Waals surface area contributed by atoms with Gasteiger partial charge in [0.05, 0.1) is 10.5 Å². The lowest BCUT2D eigenvalue weighted by Gasteiger charge is -2.29. The molecule has 1 aliphatic rings. The minimum absolute atomic E-state index is 0.133. The fourth-order valence-corrected chi connectivity index (χ4v) is 4.27. The van der Waals surface area contributed by atoms with Crippen LogP contribution in [0.15, 0.2) is 38.6 Å². The van der Waals surface area contributed by atoms with E-state index < -0.39 is 9.84 Å². The van der Waals surface area contributed by atoms with Gasteiger partial charge in [-0.15, -0.1) is 0 Å². The van der Waals surface area contributed by atoms with Crippen molar-refractivity contribution in [2.45, 2.75) is 24.7 Å². The Balaban J connectivity index is 1.86. The third-order valence-corrected chi connectivity index (χ3v) is 6.12. The summed E-state index contributed by atoms with van der Waals surface area (Å²) in [6, 6.07) is 4.77. The van der Waals surface area contributed by atoms with Crippen molar-refractivity contribution in [3.05, 3.63) is 51.8 Å². The van der Waals surface area contributed by atoms with E-state index in [1.807, 2.05) is 0 Å². The highest BCUT2D eigenvalue weighted by Crippen LogP contribution is 2.32. The van der Waals surface area contributed by atoms with E-state index in [9.17, 15) is 18.0 Å². The van der Waals surface area contributed by atoms with Gasteiger partial charge in [-0.25, -0.2) is 13.4 Å². The van der Waals surface area contributed by atoms with Crippen molar-refractivity contribution in [2.75, 3.05) is 17.7 Å². The standard InChI is InChI=1S/C19H19N3O5S/c1-11-15(16-17(27-11)20-10-21(2)18(16)23)19(24)22-8-4-5-12-9-13(28(3,25)26)6-7-14(12)22/h6-7,9-10H,4-5,8H2,1-3H3. The normalized spacial score (nSPS) is 14.3. The fourth-order valence-electron chi connectivity index (χ4n) is 3.59. The van der Waals surface area contributed by atoms with E-state index >= 15 is 0 Å². The summed E-state index contributed by atoms with van der Waals surface area (Å²) in [5.41, 5.74) is 1.42. The summed E-state index contributed by atoms with van der Waals surface area (Å²) in [6.45, 7) is 2.10. The first-order chi connectivity index (χ1) is 13.2. The Morgan fingerprint density at radius 1 is 1.29 bits per heavy atom. The molecular formula is C19H19N3O5S. The van der Waals surface area contributed by atoms with Crippen LogP contribution in [-0.2, 0) is 23.3 Å². The molecule has 0 saturated heterocycles. The minimum atomic E-state index is -3.33. The van der Waals surface area contributed by atoms with Crippen LogP contribution >= 0.6 is 0 Å². The van der Waals surface area contributed by atoms with Crippen LogP contribution in [0.5, 0.6) is 0 Å². The molecule has 8 nitrogen and oxygen atoms in total. The zero-order valence-electron chi connectivity index (χ0n) is 15.7. The SMILES string of the molecule is Cc1oc2ncn(C)c(=O)c2c1C(=O)N1CCCc2cc(S(C)(=O)=O)ccc21.